The van der Waals surface area contributed by atoms with Gasteiger partial charge in [0, 0.05) is 11.5 Å². The molecule has 20 heavy (non-hydrogen) atoms. The number of para-hydroxylation sites is 1. The van der Waals surface area contributed by atoms with Gasteiger partial charge in [-0.25, -0.2) is 4.39 Å². The Morgan fingerprint density at radius 3 is 2.85 bits per heavy atom. The number of halogens is 1. The normalized spacial score (nSPS) is 18.4. The van der Waals surface area contributed by atoms with Crippen LogP contribution in [0.1, 0.15) is 29.4 Å². The minimum atomic E-state index is -0.205. The molecule has 0 radical (unpaired) electrons. The maximum atomic E-state index is 13.4. The van der Waals surface area contributed by atoms with Crippen LogP contribution in [0.5, 0.6) is 5.75 Å². The van der Waals surface area contributed by atoms with Crippen LogP contribution in [0, 0.1) is 5.82 Å². The van der Waals surface area contributed by atoms with Gasteiger partial charge >= 0.3 is 0 Å². The summed E-state index contributed by atoms with van der Waals surface area (Å²) in [7, 11) is 0. The highest BCUT2D eigenvalue weighted by Crippen LogP contribution is 2.39. The summed E-state index contributed by atoms with van der Waals surface area (Å²) in [5, 5.41) is 0. The smallest absolute Gasteiger partial charge is 0.123 e. The Morgan fingerprint density at radius 1 is 1.20 bits per heavy atom. The van der Waals surface area contributed by atoms with Crippen LogP contribution >= 0.6 is 0 Å². The first-order chi connectivity index (χ1) is 9.78. The second-order valence-electron chi connectivity index (χ2n) is 5.27. The van der Waals surface area contributed by atoms with Gasteiger partial charge in [-0.1, -0.05) is 30.3 Å². The number of benzene rings is 2. The highest BCUT2D eigenvalue weighted by molar-refractivity contribution is 5.40. The van der Waals surface area contributed by atoms with E-state index in [-0.39, 0.29) is 11.7 Å². The van der Waals surface area contributed by atoms with Gasteiger partial charge in [-0.15, -0.1) is 0 Å². The van der Waals surface area contributed by atoms with Crippen molar-refractivity contribution < 1.29 is 9.13 Å². The van der Waals surface area contributed by atoms with Crippen molar-refractivity contribution in [2.45, 2.75) is 18.3 Å². The van der Waals surface area contributed by atoms with Gasteiger partial charge in [0.25, 0.3) is 0 Å². The Morgan fingerprint density at radius 2 is 2.05 bits per heavy atom. The Hall–Kier alpha value is -1.87. The van der Waals surface area contributed by atoms with E-state index < -0.39 is 0 Å². The standard InChI is InChI=1S/C17H18FNO/c18-15-5-3-4-12(9-15)13(10-19)8-14-11-20-17-7-2-1-6-16(14)17/h1-7,9,13-14H,8,10-11,19H2. The van der Waals surface area contributed by atoms with Crippen LogP contribution in [0.4, 0.5) is 4.39 Å². The number of hydrogen-bond acceptors (Lipinski definition) is 2. The fourth-order valence-electron chi connectivity index (χ4n) is 2.90. The third-order valence-corrected chi connectivity index (χ3v) is 3.97. The van der Waals surface area contributed by atoms with Crippen molar-refractivity contribution in [3.8, 4) is 5.75 Å². The van der Waals surface area contributed by atoms with E-state index in [4.69, 9.17) is 10.5 Å². The highest BCUT2D eigenvalue weighted by atomic mass is 19.1. The molecule has 0 spiro atoms. The molecule has 2 atom stereocenters. The lowest BCUT2D eigenvalue weighted by Crippen LogP contribution is -2.16. The van der Waals surface area contributed by atoms with Gasteiger partial charge in [-0.2, -0.15) is 0 Å². The lowest BCUT2D eigenvalue weighted by atomic mass is 9.86. The van der Waals surface area contributed by atoms with Crippen LogP contribution < -0.4 is 10.5 Å². The maximum Gasteiger partial charge on any atom is 0.123 e. The lowest BCUT2D eigenvalue weighted by molar-refractivity contribution is 0.319. The average Bonchev–Trinajstić information content (AvgIpc) is 2.88. The van der Waals surface area contributed by atoms with E-state index >= 15 is 0 Å². The van der Waals surface area contributed by atoms with Crippen LogP contribution in [0.2, 0.25) is 0 Å². The summed E-state index contributed by atoms with van der Waals surface area (Å²) in [6.45, 7) is 1.20. The van der Waals surface area contributed by atoms with Gasteiger partial charge in [-0.05, 0) is 42.6 Å². The van der Waals surface area contributed by atoms with Crippen molar-refractivity contribution in [3.63, 3.8) is 0 Å². The van der Waals surface area contributed by atoms with Gasteiger partial charge < -0.3 is 10.5 Å². The van der Waals surface area contributed by atoms with E-state index in [0.717, 1.165) is 17.7 Å². The monoisotopic (exact) mass is 271 g/mol. The van der Waals surface area contributed by atoms with Gasteiger partial charge in [0.05, 0.1) is 6.61 Å². The first-order valence-corrected chi connectivity index (χ1v) is 6.95. The lowest BCUT2D eigenvalue weighted by Gasteiger charge is -2.19. The van der Waals surface area contributed by atoms with E-state index in [0.29, 0.717) is 19.1 Å². The molecule has 0 saturated heterocycles. The molecular weight excluding hydrogens is 253 g/mol. The van der Waals surface area contributed by atoms with E-state index in [1.807, 2.05) is 24.3 Å². The molecule has 0 aromatic heterocycles. The van der Waals surface area contributed by atoms with Crippen LogP contribution in [-0.4, -0.2) is 13.2 Å². The molecule has 2 N–H and O–H groups in total. The topological polar surface area (TPSA) is 35.2 Å². The third-order valence-electron chi connectivity index (χ3n) is 3.97. The maximum absolute atomic E-state index is 13.4. The molecule has 1 aliphatic rings. The molecule has 2 nitrogen and oxygen atoms in total. The summed E-state index contributed by atoms with van der Waals surface area (Å²) in [6, 6.07) is 14.8. The van der Waals surface area contributed by atoms with Crippen molar-refractivity contribution >= 4 is 0 Å². The number of nitrogens with two attached hydrogens (primary N) is 1. The summed E-state index contributed by atoms with van der Waals surface area (Å²) < 4.78 is 19.1. The molecule has 1 aliphatic heterocycles. The molecule has 0 aliphatic carbocycles. The Balaban J connectivity index is 1.80. The molecule has 104 valence electrons. The zero-order valence-electron chi connectivity index (χ0n) is 11.3. The highest BCUT2D eigenvalue weighted by Gasteiger charge is 2.26. The van der Waals surface area contributed by atoms with Gasteiger partial charge in [-0.3, -0.25) is 0 Å². The predicted octanol–water partition coefficient (Wildman–Crippen LogP) is 3.43. The minimum Gasteiger partial charge on any atom is -0.493 e. The second kappa shape index (κ2) is 5.63. The van der Waals surface area contributed by atoms with Crippen LogP contribution in [-0.2, 0) is 0 Å². The van der Waals surface area contributed by atoms with Crippen molar-refractivity contribution in [1.29, 1.82) is 0 Å². The average molecular weight is 271 g/mol. The van der Waals surface area contributed by atoms with Crippen molar-refractivity contribution in [2.24, 2.45) is 5.73 Å². The van der Waals surface area contributed by atoms with Crippen molar-refractivity contribution in [1.82, 2.24) is 0 Å². The Bertz CT molecular complexity index is 599. The molecule has 0 fully saturated rings. The molecule has 2 aromatic carbocycles. The quantitative estimate of drug-likeness (QED) is 0.924. The van der Waals surface area contributed by atoms with E-state index in [1.165, 1.54) is 11.6 Å². The largest absolute Gasteiger partial charge is 0.493 e. The second-order valence-corrected chi connectivity index (χ2v) is 5.27. The number of hydrogen-bond donors (Lipinski definition) is 1. The van der Waals surface area contributed by atoms with Crippen molar-refractivity contribution in [3.05, 3.63) is 65.5 Å². The number of rotatable bonds is 4. The molecule has 3 heteroatoms. The number of ether oxygens (including phenoxy) is 1. The molecule has 0 bridgehead atoms. The Labute approximate surface area is 118 Å². The van der Waals surface area contributed by atoms with E-state index in [1.54, 1.807) is 12.1 Å². The zero-order chi connectivity index (χ0) is 13.9. The van der Waals surface area contributed by atoms with E-state index in [9.17, 15) is 4.39 Å². The summed E-state index contributed by atoms with van der Waals surface area (Å²) in [5.41, 5.74) is 8.10. The zero-order valence-corrected chi connectivity index (χ0v) is 11.3. The van der Waals surface area contributed by atoms with Crippen LogP contribution in [0.25, 0.3) is 0 Å². The SMILES string of the molecule is NCC(CC1COc2ccccc21)c1cccc(F)c1. The molecular formula is C17H18FNO. The van der Waals surface area contributed by atoms with Crippen LogP contribution in [0.15, 0.2) is 48.5 Å². The summed E-state index contributed by atoms with van der Waals surface area (Å²) in [5.74, 6) is 1.25. The summed E-state index contributed by atoms with van der Waals surface area (Å²) in [6.07, 6.45) is 0.886. The summed E-state index contributed by atoms with van der Waals surface area (Å²) in [4.78, 5) is 0. The van der Waals surface area contributed by atoms with Gasteiger partial charge in [0.1, 0.15) is 11.6 Å². The molecule has 0 amide bonds. The molecule has 3 rings (SSSR count). The van der Waals surface area contributed by atoms with Gasteiger partial charge in [0.2, 0.25) is 0 Å². The first-order valence-electron chi connectivity index (χ1n) is 6.95. The number of fused-ring (bicyclic) bond motifs is 1. The summed E-state index contributed by atoms with van der Waals surface area (Å²) >= 11 is 0. The minimum absolute atomic E-state index is 0.158. The van der Waals surface area contributed by atoms with Gasteiger partial charge in [0.15, 0.2) is 0 Å². The van der Waals surface area contributed by atoms with Crippen molar-refractivity contribution in [2.75, 3.05) is 13.2 Å². The Kier molecular flexibility index (Phi) is 3.70. The van der Waals surface area contributed by atoms with Crippen LogP contribution in [0.3, 0.4) is 0 Å². The molecule has 1 heterocycles. The third kappa shape index (κ3) is 2.54. The predicted molar refractivity (Wildman–Crippen MR) is 77.5 cm³/mol. The first kappa shape index (κ1) is 13.1. The fraction of sp³-hybridized carbons (Fsp3) is 0.294. The molecule has 2 unspecified atom stereocenters. The molecule has 0 saturated carbocycles. The fourth-order valence-corrected chi connectivity index (χ4v) is 2.90. The molecule has 2 aromatic rings. The van der Waals surface area contributed by atoms with E-state index in [2.05, 4.69) is 6.07 Å².